The summed E-state index contributed by atoms with van der Waals surface area (Å²) in [5.41, 5.74) is -1.39. The standard InChI is InChI=1S/C7H10O4.Li/c1-7(6(9)10)4-5(8)2-3-11-7;/h2-4H2,1H3,(H,9,10);/q;+1/p-1. The Balaban J connectivity index is 0.00000121. The van der Waals surface area contributed by atoms with Crippen molar-refractivity contribution in [2.75, 3.05) is 6.61 Å². The van der Waals surface area contributed by atoms with Crippen LogP contribution in [-0.4, -0.2) is 24.0 Å². The summed E-state index contributed by atoms with van der Waals surface area (Å²) in [5.74, 6) is -1.39. The van der Waals surface area contributed by atoms with Crippen LogP contribution in [0.5, 0.6) is 0 Å². The van der Waals surface area contributed by atoms with Crippen LogP contribution in [0.2, 0.25) is 0 Å². The fourth-order valence-electron chi connectivity index (χ4n) is 1.04. The molecular formula is C7H9LiO4. The van der Waals surface area contributed by atoms with E-state index in [1.165, 1.54) is 6.92 Å². The molecule has 0 aliphatic carbocycles. The normalized spacial score (nSPS) is 29.2. The first-order valence-electron chi connectivity index (χ1n) is 3.42. The Bertz CT molecular complexity index is 204. The molecule has 1 fully saturated rings. The second kappa shape index (κ2) is 4.08. The van der Waals surface area contributed by atoms with Crippen LogP contribution in [0.15, 0.2) is 0 Å². The number of Topliss-reactive ketones (excluding diaryl/α,β-unsaturated/α-hetero) is 1. The minimum absolute atomic E-state index is 0. The molecule has 0 radical (unpaired) electrons. The van der Waals surface area contributed by atoms with Gasteiger partial charge in [-0.2, -0.15) is 0 Å². The first kappa shape index (κ1) is 11.7. The minimum atomic E-state index is -1.39. The molecule has 1 heterocycles. The summed E-state index contributed by atoms with van der Waals surface area (Å²) in [6.45, 7) is 1.54. The maximum atomic E-state index is 10.8. The van der Waals surface area contributed by atoms with Crippen molar-refractivity contribution in [2.45, 2.75) is 25.4 Å². The molecule has 1 aliphatic heterocycles. The molecule has 1 rings (SSSR count). The van der Waals surface area contributed by atoms with Gasteiger partial charge in [-0.25, -0.2) is 0 Å². The number of carbonyl (C=O) groups is 2. The minimum Gasteiger partial charge on any atom is -0.547 e. The molecule has 1 unspecified atom stereocenters. The van der Waals surface area contributed by atoms with Crippen molar-refractivity contribution in [2.24, 2.45) is 0 Å². The van der Waals surface area contributed by atoms with Crippen LogP contribution in [0.1, 0.15) is 19.8 Å². The quantitative estimate of drug-likeness (QED) is 0.369. The van der Waals surface area contributed by atoms with E-state index in [-0.39, 0.29) is 37.7 Å². The van der Waals surface area contributed by atoms with E-state index in [1.807, 2.05) is 0 Å². The number of ketones is 1. The van der Waals surface area contributed by atoms with Crippen molar-refractivity contribution < 1.29 is 38.3 Å². The summed E-state index contributed by atoms with van der Waals surface area (Å²) in [6, 6.07) is 0. The Hall–Kier alpha value is -0.303. The predicted octanol–water partition coefficient (Wildman–Crippen LogP) is -4.12. The third-order valence-electron chi connectivity index (χ3n) is 1.77. The molecule has 5 heteroatoms. The van der Waals surface area contributed by atoms with E-state index in [0.717, 1.165) is 0 Å². The zero-order valence-corrected chi connectivity index (χ0v) is 7.25. The van der Waals surface area contributed by atoms with Gasteiger partial charge in [0.25, 0.3) is 0 Å². The van der Waals surface area contributed by atoms with Crippen molar-refractivity contribution in [1.82, 2.24) is 0 Å². The van der Waals surface area contributed by atoms with Gasteiger partial charge in [-0.05, 0) is 6.92 Å². The summed E-state index contributed by atoms with van der Waals surface area (Å²) < 4.78 is 4.91. The number of ether oxygens (including phenoxy) is 1. The number of carboxylic acid groups (broad SMARTS) is 1. The van der Waals surface area contributed by atoms with E-state index < -0.39 is 11.6 Å². The number of aliphatic carboxylic acids is 1. The second-order valence-electron chi connectivity index (χ2n) is 2.83. The molecule has 0 amide bonds. The molecule has 62 valence electrons. The molecule has 0 N–H and O–H groups in total. The monoisotopic (exact) mass is 164 g/mol. The van der Waals surface area contributed by atoms with Crippen LogP contribution >= 0.6 is 0 Å². The van der Waals surface area contributed by atoms with Gasteiger partial charge < -0.3 is 14.6 Å². The summed E-state index contributed by atoms with van der Waals surface area (Å²) in [7, 11) is 0. The predicted molar refractivity (Wildman–Crippen MR) is 33.6 cm³/mol. The van der Waals surface area contributed by atoms with Gasteiger partial charge in [0.05, 0.1) is 12.6 Å². The Labute approximate surface area is 82.5 Å². The van der Waals surface area contributed by atoms with Crippen LogP contribution in [0.4, 0.5) is 0 Å². The fourth-order valence-corrected chi connectivity index (χ4v) is 1.04. The number of hydrogen-bond donors (Lipinski definition) is 0. The molecule has 12 heavy (non-hydrogen) atoms. The van der Waals surface area contributed by atoms with E-state index in [9.17, 15) is 14.7 Å². The van der Waals surface area contributed by atoms with Gasteiger partial charge in [0.2, 0.25) is 0 Å². The van der Waals surface area contributed by atoms with Crippen molar-refractivity contribution in [1.29, 1.82) is 0 Å². The maximum Gasteiger partial charge on any atom is 1.00 e. The summed E-state index contributed by atoms with van der Waals surface area (Å²) in [6.07, 6.45) is 0.234. The van der Waals surface area contributed by atoms with Gasteiger partial charge in [-0.15, -0.1) is 0 Å². The largest absolute Gasteiger partial charge is 1.00 e. The Morgan fingerprint density at radius 2 is 2.25 bits per heavy atom. The SMILES string of the molecule is CC1(C(=O)[O-])CC(=O)CCO1.[Li+]. The van der Waals surface area contributed by atoms with E-state index >= 15 is 0 Å². The molecule has 0 aromatic carbocycles. The van der Waals surface area contributed by atoms with Gasteiger partial charge in [-0.1, -0.05) is 0 Å². The molecule has 4 nitrogen and oxygen atoms in total. The van der Waals surface area contributed by atoms with Gasteiger partial charge in [-0.3, -0.25) is 4.79 Å². The number of carboxylic acids is 1. The first-order chi connectivity index (χ1) is 5.04. The summed E-state index contributed by atoms with van der Waals surface area (Å²) in [4.78, 5) is 21.2. The van der Waals surface area contributed by atoms with Gasteiger partial charge in [0.15, 0.2) is 0 Å². The van der Waals surface area contributed by atoms with Crippen LogP contribution in [-0.2, 0) is 14.3 Å². The first-order valence-corrected chi connectivity index (χ1v) is 3.42. The number of carbonyl (C=O) groups excluding carboxylic acids is 2. The Morgan fingerprint density at radius 1 is 1.67 bits per heavy atom. The molecule has 0 aromatic rings. The van der Waals surface area contributed by atoms with Crippen LogP contribution in [0.25, 0.3) is 0 Å². The van der Waals surface area contributed by atoms with E-state index in [2.05, 4.69) is 0 Å². The van der Waals surface area contributed by atoms with Crippen LogP contribution < -0.4 is 24.0 Å². The average molecular weight is 164 g/mol. The summed E-state index contributed by atoms with van der Waals surface area (Å²) in [5, 5.41) is 10.4. The zero-order valence-electron chi connectivity index (χ0n) is 7.25. The van der Waals surface area contributed by atoms with Crippen LogP contribution in [0, 0.1) is 0 Å². The molecule has 1 atom stereocenters. The van der Waals surface area contributed by atoms with E-state index in [1.54, 1.807) is 0 Å². The van der Waals surface area contributed by atoms with E-state index in [4.69, 9.17) is 4.74 Å². The van der Waals surface area contributed by atoms with Gasteiger partial charge in [0, 0.05) is 12.8 Å². The second-order valence-corrected chi connectivity index (χ2v) is 2.83. The van der Waals surface area contributed by atoms with Crippen molar-refractivity contribution in [3.8, 4) is 0 Å². The third-order valence-corrected chi connectivity index (χ3v) is 1.77. The molecule has 0 bridgehead atoms. The summed E-state index contributed by atoms with van der Waals surface area (Å²) >= 11 is 0. The molecular weight excluding hydrogens is 155 g/mol. The average Bonchev–Trinajstić information content (AvgIpc) is 1.86. The zero-order chi connectivity index (χ0) is 8.48. The van der Waals surface area contributed by atoms with Crippen molar-refractivity contribution in [3.63, 3.8) is 0 Å². The molecule has 1 saturated heterocycles. The van der Waals surface area contributed by atoms with Crippen LogP contribution in [0.3, 0.4) is 0 Å². The fraction of sp³-hybridized carbons (Fsp3) is 0.714. The van der Waals surface area contributed by atoms with E-state index in [0.29, 0.717) is 6.42 Å². The Morgan fingerprint density at radius 3 is 2.58 bits per heavy atom. The van der Waals surface area contributed by atoms with Gasteiger partial charge >= 0.3 is 18.9 Å². The molecule has 0 aromatic heterocycles. The number of rotatable bonds is 1. The maximum absolute atomic E-state index is 10.8. The molecule has 0 spiro atoms. The number of hydrogen-bond acceptors (Lipinski definition) is 4. The van der Waals surface area contributed by atoms with Crippen molar-refractivity contribution in [3.05, 3.63) is 0 Å². The topological polar surface area (TPSA) is 66.4 Å². The molecule has 1 aliphatic rings. The van der Waals surface area contributed by atoms with Gasteiger partial charge in [0.1, 0.15) is 11.4 Å². The Kier molecular flexibility index (Phi) is 3.98. The molecule has 0 saturated carbocycles. The van der Waals surface area contributed by atoms with Crippen molar-refractivity contribution >= 4 is 11.8 Å². The smallest absolute Gasteiger partial charge is 0.547 e. The third kappa shape index (κ3) is 2.34.